The van der Waals surface area contributed by atoms with Crippen LogP contribution < -0.4 is 5.73 Å². The Bertz CT molecular complexity index is 689. The van der Waals surface area contributed by atoms with Gasteiger partial charge in [-0.3, -0.25) is 14.6 Å². The summed E-state index contributed by atoms with van der Waals surface area (Å²) in [6.45, 7) is 10.7. The predicted molar refractivity (Wildman–Crippen MR) is 115 cm³/mol. The van der Waals surface area contributed by atoms with Crippen molar-refractivity contribution in [3.63, 3.8) is 0 Å². The van der Waals surface area contributed by atoms with Gasteiger partial charge in [0.25, 0.3) is 0 Å². The summed E-state index contributed by atoms with van der Waals surface area (Å²) in [7, 11) is 0. The Morgan fingerprint density at radius 3 is 2.55 bits per heavy atom. The first-order chi connectivity index (χ1) is 14.0. The van der Waals surface area contributed by atoms with Gasteiger partial charge in [-0.2, -0.15) is 0 Å². The summed E-state index contributed by atoms with van der Waals surface area (Å²) in [6.07, 6.45) is 3.20. The summed E-state index contributed by atoms with van der Waals surface area (Å²) < 4.78 is 5.61. The Morgan fingerprint density at radius 1 is 1.17 bits per heavy atom. The summed E-state index contributed by atoms with van der Waals surface area (Å²) in [5, 5.41) is 0. The Morgan fingerprint density at radius 2 is 1.90 bits per heavy atom. The number of likely N-dealkylation sites (tertiary alicyclic amines) is 1. The summed E-state index contributed by atoms with van der Waals surface area (Å²) in [5.74, 6) is 1.93. The lowest BCUT2D eigenvalue weighted by atomic mass is 9.70. The second kappa shape index (κ2) is 8.75. The van der Waals surface area contributed by atoms with Crippen LogP contribution in [0.2, 0.25) is 0 Å². The number of hydrogen-bond acceptors (Lipinski definition) is 4. The molecule has 1 unspecified atom stereocenters. The number of primary amides is 1. The van der Waals surface area contributed by atoms with Crippen molar-refractivity contribution in [1.82, 2.24) is 9.80 Å². The van der Waals surface area contributed by atoms with Crippen LogP contribution in [0.25, 0.3) is 0 Å². The molecule has 160 valence electrons. The second-order valence-electron chi connectivity index (χ2n) is 9.77. The number of nitrogens with zero attached hydrogens (tertiary/aromatic N) is 2. The van der Waals surface area contributed by atoms with Crippen molar-refractivity contribution >= 4 is 5.91 Å². The minimum absolute atomic E-state index is 0.111. The zero-order valence-electron chi connectivity index (χ0n) is 18.1. The fourth-order valence-electron chi connectivity index (χ4n) is 6.46. The number of benzene rings is 1. The van der Waals surface area contributed by atoms with E-state index in [9.17, 15) is 4.79 Å². The van der Waals surface area contributed by atoms with E-state index >= 15 is 0 Å². The molecule has 1 saturated carbocycles. The fraction of sp³-hybridized carbons (Fsp3) is 0.708. The van der Waals surface area contributed by atoms with E-state index in [0.717, 1.165) is 45.6 Å². The molecule has 29 heavy (non-hydrogen) atoms. The van der Waals surface area contributed by atoms with E-state index in [4.69, 9.17) is 10.5 Å². The highest BCUT2D eigenvalue weighted by Gasteiger charge is 2.57. The Hall–Kier alpha value is -1.43. The standard InChI is InChI=1S/C24H37N3O2/c1-18(2)14-24(23(25)28,27-10-12-29-13-11-27)22-9-8-20-16-26(17-21(20)22)15-19-6-4-3-5-7-19/h3-7,18,20-22H,8-17H2,1-2H3,(H2,25,28)/t20-,21-,22+,24?/m0/s1. The number of ether oxygens (including phenoxy) is 1. The molecule has 0 spiro atoms. The van der Waals surface area contributed by atoms with Gasteiger partial charge in [0.15, 0.2) is 0 Å². The molecule has 3 aliphatic rings. The van der Waals surface area contributed by atoms with Crippen LogP contribution >= 0.6 is 0 Å². The lowest BCUT2D eigenvalue weighted by Crippen LogP contribution is -2.65. The molecule has 0 bridgehead atoms. The second-order valence-corrected chi connectivity index (χ2v) is 9.77. The first-order valence-corrected chi connectivity index (χ1v) is 11.4. The normalized spacial score (nSPS) is 30.4. The molecule has 5 nitrogen and oxygen atoms in total. The first-order valence-electron chi connectivity index (χ1n) is 11.4. The zero-order chi connectivity index (χ0) is 20.4. The third-order valence-electron chi connectivity index (χ3n) is 7.52. The van der Waals surface area contributed by atoms with E-state index in [1.54, 1.807) is 0 Å². The van der Waals surface area contributed by atoms with Gasteiger partial charge >= 0.3 is 0 Å². The number of carbonyl (C=O) groups excluding carboxylic acids is 1. The largest absolute Gasteiger partial charge is 0.379 e. The van der Waals surface area contributed by atoms with Crippen LogP contribution in [0.15, 0.2) is 30.3 Å². The van der Waals surface area contributed by atoms with Gasteiger partial charge in [0, 0.05) is 32.7 Å². The third-order valence-corrected chi connectivity index (χ3v) is 7.52. The quantitative estimate of drug-likeness (QED) is 0.766. The molecule has 1 aromatic rings. The number of morpholine rings is 1. The molecule has 4 rings (SSSR count). The van der Waals surface area contributed by atoms with Crippen LogP contribution in [0, 0.1) is 23.7 Å². The first kappa shape index (κ1) is 20.8. The highest BCUT2D eigenvalue weighted by atomic mass is 16.5. The fourth-order valence-corrected chi connectivity index (χ4v) is 6.46. The van der Waals surface area contributed by atoms with Crippen molar-refractivity contribution in [2.45, 2.75) is 45.2 Å². The van der Waals surface area contributed by atoms with Crippen molar-refractivity contribution in [2.75, 3.05) is 39.4 Å². The molecular formula is C24H37N3O2. The van der Waals surface area contributed by atoms with Crippen LogP contribution in [0.5, 0.6) is 0 Å². The minimum Gasteiger partial charge on any atom is -0.379 e. The predicted octanol–water partition coefficient (Wildman–Crippen LogP) is 2.75. The van der Waals surface area contributed by atoms with Gasteiger partial charge in [-0.25, -0.2) is 0 Å². The number of amides is 1. The Balaban J connectivity index is 1.57. The summed E-state index contributed by atoms with van der Waals surface area (Å²) >= 11 is 0. The van der Waals surface area contributed by atoms with Crippen molar-refractivity contribution in [1.29, 1.82) is 0 Å². The lowest BCUT2D eigenvalue weighted by Gasteiger charge is -2.49. The molecule has 3 fully saturated rings. The summed E-state index contributed by atoms with van der Waals surface area (Å²) in [4.78, 5) is 18.1. The van der Waals surface area contributed by atoms with E-state index in [1.165, 1.54) is 12.0 Å². The lowest BCUT2D eigenvalue weighted by molar-refractivity contribution is -0.143. The highest BCUT2D eigenvalue weighted by molar-refractivity contribution is 5.85. The van der Waals surface area contributed by atoms with Crippen LogP contribution in [-0.2, 0) is 16.1 Å². The molecule has 1 aliphatic carbocycles. The molecule has 2 N–H and O–H groups in total. The van der Waals surface area contributed by atoms with Gasteiger partial charge in [-0.05, 0) is 48.5 Å². The van der Waals surface area contributed by atoms with E-state index < -0.39 is 5.54 Å². The number of nitrogens with two attached hydrogens (primary N) is 1. The molecule has 2 saturated heterocycles. The third kappa shape index (κ3) is 4.10. The number of rotatable bonds is 7. The monoisotopic (exact) mass is 399 g/mol. The van der Waals surface area contributed by atoms with Crippen LogP contribution in [0.1, 0.15) is 38.7 Å². The van der Waals surface area contributed by atoms with Crippen molar-refractivity contribution < 1.29 is 9.53 Å². The maximum atomic E-state index is 13.1. The number of fused-ring (bicyclic) bond motifs is 1. The van der Waals surface area contributed by atoms with Crippen molar-refractivity contribution in [2.24, 2.45) is 29.4 Å². The molecule has 2 heterocycles. The van der Waals surface area contributed by atoms with Crippen LogP contribution in [0.4, 0.5) is 0 Å². The maximum Gasteiger partial charge on any atom is 0.238 e. The van der Waals surface area contributed by atoms with Crippen molar-refractivity contribution in [3.05, 3.63) is 35.9 Å². The zero-order valence-corrected chi connectivity index (χ0v) is 18.1. The van der Waals surface area contributed by atoms with Gasteiger partial charge in [0.2, 0.25) is 5.91 Å². The number of carbonyl (C=O) groups is 1. The van der Waals surface area contributed by atoms with Gasteiger partial charge in [0.1, 0.15) is 5.54 Å². The van der Waals surface area contributed by atoms with E-state index in [1.807, 2.05) is 0 Å². The summed E-state index contributed by atoms with van der Waals surface area (Å²) in [5.41, 5.74) is 7.08. The van der Waals surface area contributed by atoms with E-state index in [2.05, 4.69) is 54.0 Å². The van der Waals surface area contributed by atoms with Crippen LogP contribution in [0.3, 0.4) is 0 Å². The van der Waals surface area contributed by atoms with Gasteiger partial charge in [-0.15, -0.1) is 0 Å². The van der Waals surface area contributed by atoms with Gasteiger partial charge in [-0.1, -0.05) is 44.2 Å². The van der Waals surface area contributed by atoms with Crippen LogP contribution in [-0.4, -0.2) is 60.6 Å². The molecule has 4 atom stereocenters. The Labute approximate surface area is 175 Å². The minimum atomic E-state index is -0.528. The average molecular weight is 400 g/mol. The van der Waals surface area contributed by atoms with Gasteiger partial charge < -0.3 is 10.5 Å². The van der Waals surface area contributed by atoms with E-state index in [-0.39, 0.29) is 5.91 Å². The smallest absolute Gasteiger partial charge is 0.238 e. The number of hydrogen-bond donors (Lipinski definition) is 1. The molecule has 0 aromatic heterocycles. The van der Waals surface area contributed by atoms with E-state index in [0.29, 0.717) is 36.9 Å². The molecule has 5 heteroatoms. The molecular weight excluding hydrogens is 362 g/mol. The molecule has 2 aliphatic heterocycles. The average Bonchev–Trinajstić information content (AvgIpc) is 3.27. The highest BCUT2D eigenvalue weighted by Crippen LogP contribution is 2.51. The topological polar surface area (TPSA) is 58.8 Å². The Kier molecular flexibility index (Phi) is 6.28. The molecule has 1 aromatic carbocycles. The molecule has 1 amide bonds. The summed E-state index contributed by atoms with van der Waals surface area (Å²) in [6, 6.07) is 10.7. The van der Waals surface area contributed by atoms with Gasteiger partial charge in [0.05, 0.1) is 13.2 Å². The van der Waals surface area contributed by atoms with Crippen molar-refractivity contribution in [3.8, 4) is 0 Å². The SMILES string of the molecule is CC(C)CC(C(N)=O)([C@@H]1CC[C@H]2CN(Cc3ccccc3)C[C@@H]21)N1CCOCC1. The molecule has 0 radical (unpaired) electrons. The maximum absolute atomic E-state index is 13.1.